The number of methoxy groups -OCH3 is 1. The van der Waals surface area contributed by atoms with Gasteiger partial charge in [0.2, 0.25) is 5.91 Å². The van der Waals surface area contributed by atoms with Crippen LogP contribution in [0.5, 0.6) is 11.5 Å². The number of carbonyl (C=O) groups excluding carboxylic acids is 1. The van der Waals surface area contributed by atoms with E-state index >= 15 is 4.39 Å². The van der Waals surface area contributed by atoms with Crippen LogP contribution in [-0.4, -0.2) is 59.1 Å². The molecule has 2 atom stereocenters. The van der Waals surface area contributed by atoms with Gasteiger partial charge >= 0.3 is 0 Å². The number of nitrogens with zero attached hydrogens (tertiary/aromatic N) is 3. The lowest BCUT2D eigenvalue weighted by Gasteiger charge is -2.49. The van der Waals surface area contributed by atoms with Crippen molar-refractivity contribution in [1.29, 1.82) is 0 Å². The monoisotopic (exact) mass is 589 g/mol. The number of β-amino-alcohol motifs (C(OH)–C–C–N with tert-alkyl or cyclic N) is 1. The summed E-state index contributed by atoms with van der Waals surface area (Å²) in [6.45, 7) is 1.89. The van der Waals surface area contributed by atoms with Gasteiger partial charge in [-0.3, -0.25) is 4.79 Å². The van der Waals surface area contributed by atoms with Crippen LogP contribution < -0.4 is 19.3 Å². The van der Waals surface area contributed by atoms with Crippen molar-refractivity contribution >= 4 is 40.6 Å². The molecule has 2 aromatic carbocycles. The minimum absolute atomic E-state index is 0.0485. The predicted molar refractivity (Wildman–Crippen MR) is 151 cm³/mol. The van der Waals surface area contributed by atoms with Gasteiger partial charge in [-0.2, -0.15) is 0 Å². The molecule has 1 saturated heterocycles. The first kappa shape index (κ1) is 28.4. The van der Waals surface area contributed by atoms with Crippen LogP contribution >= 0.6 is 23.2 Å². The molecule has 2 aliphatic rings. The highest BCUT2D eigenvalue weighted by Crippen LogP contribution is 2.40. The lowest BCUT2D eigenvalue weighted by Crippen LogP contribution is -2.66. The number of anilines is 2. The van der Waals surface area contributed by atoms with E-state index in [9.17, 15) is 15.0 Å². The molecule has 2 unspecified atom stereocenters. The molecule has 1 aromatic heterocycles. The Balaban J connectivity index is 1.35. The fourth-order valence-electron chi connectivity index (χ4n) is 5.26. The van der Waals surface area contributed by atoms with E-state index in [-0.39, 0.29) is 44.1 Å². The summed E-state index contributed by atoms with van der Waals surface area (Å²) in [5, 5.41) is 23.6. The third-order valence-corrected chi connectivity index (χ3v) is 8.19. The van der Waals surface area contributed by atoms with Crippen molar-refractivity contribution in [2.75, 3.05) is 36.6 Å². The Morgan fingerprint density at radius 2 is 1.88 bits per heavy atom. The van der Waals surface area contributed by atoms with Crippen LogP contribution in [0.1, 0.15) is 30.9 Å². The summed E-state index contributed by atoms with van der Waals surface area (Å²) >= 11 is 12.3. The van der Waals surface area contributed by atoms with Gasteiger partial charge in [-0.25, -0.2) is 9.37 Å². The number of aromatic nitrogens is 1. The van der Waals surface area contributed by atoms with Crippen molar-refractivity contribution in [3.63, 3.8) is 0 Å². The zero-order valence-corrected chi connectivity index (χ0v) is 23.7. The number of halogens is 3. The Morgan fingerprint density at radius 1 is 1.12 bits per heavy atom. The first-order valence-corrected chi connectivity index (χ1v) is 13.7. The molecule has 1 fully saturated rings. The van der Waals surface area contributed by atoms with Crippen molar-refractivity contribution in [3.05, 3.63) is 75.7 Å². The molecule has 2 aliphatic heterocycles. The Kier molecular flexibility index (Phi) is 7.85. The third kappa shape index (κ3) is 5.43. The number of fused-ring (bicyclic) bond motifs is 1. The van der Waals surface area contributed by atoms with Crippen LogP contribution in [0.25, 0.3) is 0 Å². The molecule has 2 N–H and O–H groups in total. The fourth-order valence-corrected chi connectivity index (χ4v) is 5.76. The van der Waals surface area contributed by atoms with Gasteiger partial charge in [0.1, 0.15) is 40.9 Å². The van der Waals surface area contributed by atoms with Gasteiger partial charge in [0.25, 0.3) is 0 Å². The molecule has 3 aromatic rings. The number of benzene rings is 2. The summed E-state index contributed by atoms with van der Waals surface area (Å²) < 4.78 is 26.4. The summed E-state index contributed by atoms with van der Waals surface area (Å²) in [5.74, 6) is 0.780. The summed E-state index contributed by atoms with van der Waals surface area (Å²) in [7, 11) is 1.57. The number of rotatable bonds is 7. The smallest absolute Gasteiger partial charge is 0.227 e. The van der Waals surface area contributed by atoms with Gasteiger partial charge in [-0.15, -0.1) is 0 Å². The van der Waals surface area contributed by atoms with E-state index in [2.05, 4.69) is 4.98 Å². The molecule has 212 valence electrons. The average molecular weight is 590 g/mol. The largest absolute Gasteiger partial charge is 0.497 e. The molecule has 5 rings (SSSR count). The second-order valence-electron chi connectivity index (χ2n) is 10.4. The van der Waals surface area contributed by atoms with Gasteiger partial charge in [-0.05, 0) is 55.7 Å². The maximum Gasteiger partial charge on any atom is 0.227 e. The van der Waals surface area contributed by atoms with Crippen LogP contribution in [0.4, 0.5) is 15.9 Å². The van der Waals surface area contributed by atoms with Crippen molar-refractivity contribution in [2.24, 2.45) is 0 Å². The molecule has 0 spiro atoms. The van der Waals surface area contributed by atoms with Gasteiger partial charge in [0, 0.05) is 24.7 Å². The van der Waals surface area contributed by atoms with Crippen molar-refractivity contribution in [1.82, 2.24) is 4.98 Å². The molecule has 0 aliphatic carbocycles. The maximum atomic E-state index is 15.2. The molecule has 3 heterocycles. The Bertz CT molecular complexity index is 1420. The standard InChI is InChI=1S/C29H30Cl2FN3O5/c1-28(37)16-34(27-22(31)13-19(30)14-33-27)12-11-29(28,38)17-40-24-9-8-23(32)26-21(24)7-10-25(36)35(26)15-18-3-5-20(39-2)6-4-18/h3-6,8-9,13-14,37-38H,7,10-12,15-17H2,1-2H3. The number of hydrogen-bond donors (Lipinski definition) is 2. The first-order valence-electron chi connectivity index (χ1n) is 12.9. The lowest BCUT2D eigenvalue weighted by molar-refractivity contribution is -0.166. The zero-order chi connectivity index (χ0) is 28.7. The molecule has 0 radical (unpaired) electrons. The Morgan fingerprint density at radius 3 is 2.55 bits per heavy atom. The first-order chi connectivity index (χ1) is 19.0. The van der Waals surface area contributed by atoms with E-state index in [4.69, 9.17) is 32.7 Å². The zero-order valence-electron chi connectivity index (χ0n) is 22.2. The summed E-state index contributed by atoms with van der Waals surface area (Å²) in [6.07, 6.45) is 2.12. The van der Waals surface area contributed by atoms with E-state index in [1.165, 1.54) is 30.2 Å². The second-order valence-corrected chi connectivity index (χ2v) is 11.3. The van der Waals surface area contributed by atoms with Gasteiger partial charge in [0.05, 0.1) is 35.9 Å². The summed E-state index contributed by atoms with van der Waals surface area (Å²) in [4.78, 5) is 20.4. The van der Waals surface area contributed by atoms with E-state index in [1.807, 2.05) is 12.1 Å². The number of amides is 1. The molecule has 8 nitrogen and oxygen atoms in total. The molecule has 11 heteroatoms. The van der Waals surface area contributed by atoms with Gasteiger partial charge < -0.3 is 29.5 Å². The topological polar surface area (TPSA) is 95.4 Å². The second kappa shape index (κ2) is 11.0. The van der Waals surface area contributed by atoms with Crippen molar-refractivity contribution < 1.29 is 28.9 Å². The van der Waals surface area contributed by atoms with Gasteiger partial charge in [0.15, 0.2) is 0 Å². The fraction of sp³-hybridized carbons (Fsp3) is 0.379. The van der Waals surface area contributed by atoms with E-state index in [0.29, 0.717) is 45.9 Å². The third-order valence-electron chi connectivity index (χ3n) is 7.70. The number of ether oxygens (including phenoxy) is 2. The number of aliphatic hydroxyl groups is 2. The maximum absolute atomic E-state index is 15.2. The molecule has 0 saturated carbocycles. The SMILES string of the molecule is COc1ccc(CN2C(=O)CCc3c(OCC4(O)CCN(c5ncc(Cl)cc5Cl)CC4(C)O)ccc(F)c32)cc1. The number of piperidine rings is 1. The van der Waals surface area contributed by atoms with Crippen LogP contribution in [0.3, 0.4) is 0 Å². The predicted octanol–water partition coefficient (Wildman–Crippen LogP) is 4.79. The van der Waals surface area contributed by atoms with Crippen LogP contribution in [0, 0.1) is 5.82 Å². The molecular weight excluding hydrogens is 560 g/mol. The Hall–Kier alpha value is -3.11. The van der Waals surface area contributed by atoms with Gasteiger partial charge in [-0.1, -0.05) is 35.3 Å². The molecule has 1 amide bonds. The average Bonchev–Trinajstić information content (AvgIpc) is 2.92. The van der Waals surface area contributed by atoms with E-state index < -0.39 is 17.0 Å². The molecule has 0 bridgehead atoms. The highest BCUT2D eigenvalue weighted by atomic mass is 35.5. The van der Waals surface area contributed by atoms with E-state index in [1.54, 1.807) is 30.2 Å². The number of pyridine rings is 1. The summed E-state index contributed by atoms with van der Waals surface area (Å²) in [6, 6.07) is 11.6. The van der Waals surface area contributed by atoms with Crippen molar-refractivity contribution in [2.45, 2.75) is 43.9 Å². The molecule has 40 heavy (non-hydrogen) atoms. The number of carbonyl (C=O) groups is 1. The van der Waals surface area contributed by atoms with Crippen LogP contribution in [0.15, 0.2) is 48.7 Å². The minimum atomic E-state index is -1.61. The Labute approximate surface area is 241 Å². The van der Waals surface area contributed by atoms with E-state index in [0.717, 1.165) is 5.56 Å². The summed E-state index contributed by atoms with van der Waals surface area (Å²) in [5.41, 5.74) is -1.67. The normalized spacial score (nSPS) is 22.7. The molecular formula is C29H30Cl2FN3O5. The highest BCUT2D eigenvalue weighted by molar-refractivity contribution is 6.36. The quantitative estimate of drug-likeness (QED) is 0.409. The minimum Gasteiger partial charge on any atom is -0.497 e. The van der Waals surface area contributed by atoms with Crippen LogP contribution in [-0.2, 0) is 17.8 Å². The lowest BCUT2D eigenvalue weighted by atomic mass is 9.78. The highest BCUT2D eigenvalue weighted by Gasteiger charge is 2.51. The van der Waals surface area contributed by atoms with Crippen molar-refractivity contribution in [3.8, 4) is 11.5 Å². The number of hydrogen-bond acceptors (Lipinski definition) is 7. The van der Waals surface area contributed by atoms with Crippen LogP contribution in [0.2, 0.25) is 10.0 Å².